The van der Waals surface area contributed by atoms with Crippen LogP contribution in [0.5, 0.6) is 0 Å². The quantitative estimate of drug-likeness (QED) is 0.604. The summed E-state index contributed by atoms with van der Waals surface area (Å²) in [6.45, 7) is 6.12. The molecule has 6 heteroatoms. The second kappa shape index (κ2) is 7.37. The lowest BCUT2D eigenvalue weighted by Gasteiger charge is -2.13. The highest BCUT2D eigenvalue weighted by Crippen LogP contribution is 2.28. The molecule has 0 N–H and O–H groups in total. The highest BCUT2D eigenvalue weighted by molar-refractivity contribution is 6.42. The Kier molecular flexibility index (Phi) is 5.31. The van der Waals surface area contributed by atoms with Crippen molar-refractivity contribution in [1.82, 2.24) is 9.13 Å². The molecule has 0 radical (unpaired) electrons. The third kappa shape index (κ3) is 3.73. The van der Waals surface area contributed by atoms with Gasteiger partial charge in [-0.25, -0.2) is 9.79 Å². The number of benzene rings is 2. The summed E-state index contributed by atoms with van der Waals surface area (Å²) in [5.41, 5.74) is 6.15. The molecule has 1 heterocycles. The Hall–Kier alpha value is -2.30. The van der Waals surface area contributed by atoms with Gasteiger partial charge >= 0.3 is 5.69 Å². The second-order valence-electron chi connectivity index (χ2n) is 6.78. The zero-order valence-corrected chi connectivity index (χ0v) is 17.5. The van der Waals surface area contributed by atoms with Gasteiger partial charge in [0.25, 0.3) is 0 Å². The fourth-order valence-corrected chi connectivity index (χ4v) is 3.54. The van der Waals surface area contributed by atoms with Crippen LogP contribution in [0.2, 0.25) is 10.0 Å². The molecular formula is C21H21Cl2N3O. The molecule has 0 amide bonds. The molecule has 0 bridgehead atoms. The predicted molar refractivity (Wildman–Crippen MR) is 112 cm³/mol. The van der Waals surface area contributed by atoms with E-state index in [1.807, 2.05) is 26.0 Å². The van der Waals surface area contributed by atoms with Crippen molar-refractivity contribution in [2.24, 2.45) is 19.1 Å². The van der Waals surface area contributed by atoms with Crippen molar-refractivity contribution in [1.29, 1.82) is 0 Å². The van der Waals surface area contributed by atoms with E-state index >= 15 is 0 Å². The zero-order valence-electron chi connectivity index (χ0n) is 16.0. The average Bonchev–Trinajstić information content (AvgIpc) is 2.60. The molecule has 3 rings (SSSR count). The first-order chi connectivity index (χ1) is 12.7. The SMILES string of the molecule is Cc1cc(C)c(N=c2cc(-c3ccc(Cl)c(Cl)c3)n(C)c(=O)n2C)c(C)c1. The van der Waals surface area contributed by atoms with Crippen molar-refractivity contribution in [2.45, 2.75) is 20.8 Å². The lowest BCUT2D eigenvalue weighted by Crippen LogP contribution is -2.37. The summed E-state index contributed by atoms with van der Waals surface area (Å²) in [7, 11) is 3.45. The fraction of sp³-hybridized carbons (Fsp3) is 0.238. The lowest BCUT2D eigenvalue weighted by molar-refractivity contribution is 0.681. The molecular weight excluding hydrogens is 381 g/mol. The van der Waals surface area contributed by atoms with Crippen LogP contribution in [0.15, 0.2) is 46.2 Å². The molecule has 1 aromatic heterocycles. The normalized spacial score (nSPS) is 11.9. The largest absolute Gasteiger partial charge is 0.329 e. The molecule has 0 fully saturated rings. The van der Waals surface area contributed by atoms with Crippen molar-refractivity contribution >= 4 is 28.9 Å². The molecule has 0 aliphatic carbocycles. The van der Waals surface area contributed by atoms with E-state index in [1.165, 1.54) is 5.56 Å². The first-order valence-electron chi connectivity index (χ1n) is 8.54. The minimum Gasteiger partial charge on any atom is -0.296 e. The van der Waals surface area contributed by atoms with E-state index in [9.17, 15) is 4.79 Å². The van der Waals surface area contributed by atoms with Crippen LogP contribution in [0.25, 0.3) is 11.3 Å². The van der Waals surface area contributed by atoms with Crippen LogP contribution in [0, 0.1) is 20.8 Å². The molecule has 27 heavy (non-hydrogen) atoms. The van der Waals surface area contributed by atoms with Crippen LogP contribution < -0.4 is 11.2 Å². The van der Waals surface area contributed by atoms with Crippen molar-refractivity contribution in [2.75, 3.05) is 0 Å². The van der Waals surface area contributed by atoms with Crippen molar-refractivity contribution in [3.05, 3.63) is 79.1 Å². The monoisotopic (exact) mass is 401 g/mol. The van der Waals surface area contributed by atoms with Crippen molar-refractivity contribution in [3.63, 3.8) is 0 Å². The topological polar surface area (TPSA) is 39.3 Å². The molecule has 0 spiro atoms. The van der Waals surface area contributed by atoms with Gasteiger partial charge < -0.3 is 0 Å². The van der Waals surface area contributed by atoms with Gasteiger partial charge in [0.05, 0.1) is 21.4 Å². The van der Waals surface area contributed by atoms with E-state index < -0.39 is 0 Å². The number of nitrogens with zero attached hydrogens (tertiary/aromatic N) is 3. The van der Waals surface area contributed by atoms with Crippen LogP contribution in [0.4, 0.5) is 5.69 Å². The van der Waals surface area contributed by atoms with E-state index in [2.05, 4.69) is 19.1 Å². The maximum absolute atomic E-state index is 12.8. The van der Waals surface area contributed by atoms with Gasteiger partial charge in [-0.05, 0) is 49.6 Å². The molecule has 2 aromatic carbocycles. The smallest absolute Gasteiger partial charge is 0.296 e. The molecule has 140 valence electrons. The van der Waals surface area contributed by atoms with Gasteiger partial charge in [-0.3, -0.25) is 9.13 Å². The lowest BCUT2D eigenvalue weighted by atomic mass is 10.1. The van der Waals surface area contributed by atoms with Crippen LogP contribution in [0.3, 0.4) is 0 Å². The van der Waals surface area contributed by atoms with Crippen molar-refractivity contribution in [3.8, 4) is 11.3 Å². The molecule has 0 saturated heterocycles. The Balaban J connectivity index is 2.31. The second-order valence-corrected chi connectivity index (χ2v) is 7.59. The molecule has 0 atom stereocenters. The van der Waals surface area contributed by atoms with E-state index in [1.54, 1.807) is 35.4 Å². The number of hydrogen-bond donors (Lipinski definition) is 0. The maximum atomic E-state index is 12.8. The van der Waals surface area contributed by atoms with Gasteiger partial charge in [-0.15, -0.1) is 0 Å². The highest BCUT2D eigenvalue weighted by atomic mass is 35.5. The van der Waals surface area contributed by atoms with Gasteiger partial charge in [-0.2, -0.15) is 0 Å². The van der Waals surface area contributed by atoms with Crippen LogP contribution >= 0.6 is 23.2 Å². The minimum absolute atomic E-state index is 0.167. The molecule has 0 unspecified atom stereocenters. The third-order valence-corrected chi connectivity index (χ3v) is 5.36. The van der Waals surface area contributed by atoms with Gasteiger partial charge in [-0.1, -0.05) is 47.0 Å². The molecule has 0 aliphatic heterocycles. The summed E-state index contributed by atoms with van der Waals surface area (Å²) < 4.78 is 3.12. The summed E-state index contributed by atoms with van der Waals surface area (Å²) in [5.74, 6) is 0. The molecule has 4 nitrogen and oxygen atoms in total. The van der Waals surface area contributed by atoms with E-state index in [0.717, 1.165) is 28.1 Å². The summed E-state index contributed by atoms with van der Waals surface area (Å²) in [6.07, 6.45) is 0. The van der Waals surface area contributed by atoms with Crippen LogP contribution in [-0.4, -0.2) is 9.13 Å². The Morgan fingerprint density at radius 2 is 1.48 bits per heavy atom. The highest BCUT2D eigenvalue weighted by Gasteiger charge is 2.10. The Morgan fingerprint density at radius 3 is 2.07 bits per heavy atom. The first kappa shape index (κ1) is 19.5. The Bertz CT molecular complexity index is 1150. The van der Waals surface area contributed by atoms with Crippen LogP contribution in [-0.2, 0) is 14.1 Å². The number of rotatable bonds is 2. The molecule has 0 saturated carbocycles. The Morgan fingerprint density at radius 1 is 0.852 bits per heavy atom. The number of hydrogen-bond acceptors (Lipinski definition) is 2. The van der Waals surface area contributed by atoms with Gasteiger partial charge in [0.1, 0.15) is 5.49 Å². The first-order valence-corrected chi connectivity index (χ1v) is 9.29. The summed E-state index contributed by atoms with van der Waals surface area (Å²) in [4.78, 5) is 17.6. The van der Waals surface area contributed by atoms with Gasteiger partial charge in [0, 0.05) is 20.2 Å². The van der Waals surface area contributed by atoms with E-state index in [-0.39, 0.29) is 5.69 Å². The molecule has 0 aliphatic rings. The minimum atomic E-state index is -0.167. The van der Waals surface area contributed by atoms with Gasteiger partial charge in [0.15, 0.2) is 0 Å². The number of aryl methyl sites for hydroxylation is 3. The number of halogens is 2. The average molecular weight is 402 g/mol. The Labute approximate surface area is 168 Å². The third-order valence-electron chi connectivity index (χ3n) is 4.62. The van der Waals surface area contributed by atoms with E-state index in [4.69, 9.17) is 28.2 Å². The van der Waals surface area contributed by atoms with Crippen molar-refractivity contribution < 1.29 is 0 Å². The summed E-state index contributed by atoms with van der Waals surface area (Å²) >= 11 is 12.2. The van der Waals surface area contributed by atoms with E-state index in [0.29, 0.717) is 15.5 Å². The molecule has 3 aromatic rings. The fourth-order valence-electron chi connectivity index (χ4n) is 3.24. The van der Waals surface area contributed by atoms with Gasteiger partial charge in [0.2, 0.25) is 0 Å². The maximum Gasteiger partial charge on any atom is 0.329 e. The summed E-state index contributed by atoms with van der Waals surface area (Å²) in [6, 6.07) is 11.4. The summed E-state index contributed by atoms with van der Waals surface area (Å²) in [5, 5.41) is 0.918. The number of aromatic nitrogens is 2. The predicted octanol–water partition coefficient (Wildman–Crippen LogP) is 4.86. The zero-order chi connectivity index (χ0) is 19.9. The van der Waals surface area contributed by atoms with Crippen LogP contribution in [0.1, 0.15) is 16.7 Å². The standard InChI is InChI=1S/C21H21Cl2N3O/c1-12-8-13(2)20(14(3)9-12)24-19-11-18(25(4)21(27)26(19)5)15-6-7-16(22)17(23)10-15/h6-11H,1-5H3.